The van der Waals surface area contributed by atoms with Crippen molar-refractivity contribution in [3.8, 4) is 34.4 Å². The van der Waals surface area contributed by atoms with E-state index in [0.29, 0.717) is 47.9 Å². The Morgan fingerprint density at radius 3 is 2.41 bits per heavy atom. The molecule has 0 radical (unpaired) electrons. The molecule has 7 nitrogen and oxygen atoms in total. The van der Waals surface area contributed by atoms with Crippen LogP contribution < -0.4 is 14.8 Å². The van der Waals surface area contributed by atoms with E-state index >= 15 is 0 Å². The lowest BCUT2D eigenvalue weighted by Crippen LogP contribution is -2.25. The minimum atomic E-state index is -0.480. The molecular weight excluding hydrogens is 516 g/mol. The molecule has 0 saturated heterocycles. The zero-order valence-electron chi connectivity index (χ0n) is 22.8. The second-order valence-electron chi connectivity index (χ2n) is 9.64. The fourth-order valence-corrected chi connectivity index (χ4v) is 4.80. The SMILES string of the molecule is CCOC(=O)C1CCOc2cc(Oc3ccc(C(=O)NCCc4ccc(-c5ccccc5)cc4)cc3)c(C#N)cc21. The van der Waals surface area contributed by atoms with Gasteiger partial charge in [-0.25, -0.2) is 0 Å². The van der Waals surface area contributed by atoms with Gasteiger partial charge in [0.05, 0.1) is 24.7 Å². The molecular formula is C34H30N2O5. The van der Waals surface area contributed by atoms with Gasteiger partial charge in [0.1, 0.15) is 23.3 Å². The summed E-state index contributed by atoms with van der Waals surface area (Å²) in [4.78, 5) is 25.1. The fourth-order valence-electron chi connectivity index (χ4n) is 4.80. The summed E-state index contributed by atoms with van der Waals surface area (Å²) in [5.41, 5.74) is 4.88. The molecule has 0 bridgehead atoms. The van der Waals surface area contributed by atoms with Crippen molar-refractivity contribution in [1.82, 2.24) is 5.32 Å². The minimum Gasteiger partial charge on any atom is -0.493 e. The van der Waals surface area contributed by atoms with Gasteiger partial charge in [-0.2, -0.15) is 5.26 Å². The maximum absolute atomic E-state index is 12.7. The molecule has 0 fully saturated rings. The molecule has 1 N–H and O–H groups in total. The second kappa shape index (κ2) is 12.8. The number of fused-ring (bicyclic) bond motifs is 1. The molecule has 0 aliphatic carbocycles. The maximum Gasteiger partial charge on any atom is 0.313 e. The van der Waals surface area contributed by atoms with E-state index in [9.17, 15) is 14.9 Å². The van der Waals surface area contributed by atoms with Crippen LogP contribution >= 0.6 is 0 Å². The highest BCUT2D eigenvalue weighted by Gasteiger charge is 2.30. The summed E-state index contributed by atoms with van der Waals surface area (Å²) in [7, 11) is 0. The highest BCUT2D eigenvalue weighted by atomic mass is 16.5. The number of nitriles is 1. The van der Waals surface area contributed by atoms with Gasteiger partial charge >= 0.3 is 5.97 Å². The van der Waals surface area contributed by atoms with E-state index in [-0.39, 0.29) is 24.0 Å². The number of esters is 1. The molecule has 206 valence electrons. The molecule has 5 rings (SSSR count). The number of carbonyl (C=O) groups is 2. The Morgan fingerprint density at radius 1 is 0.976 bits per heavy atom. The smallest absolute Gasteiger partial charge is 0.313 e. The first-order valence-electron chi connectivity index (χ1n) is 13.6. The van der Waals surface area contributed by atoms with Crippen LogP contribution in [-0.4, -0.2) is 31.6 Å². The van der Waals surface area contributed by atoms with E-state index in [1.54, 1.807) is 43.3 Å². The molecule has 0 spiro atoms. The van der Waals surface area contributed by atoms with Crippen LogP contribution in [0.25, 0.3) is 11.1 Å². The molecule has 7 heteroatoms. The molecule has 1 aliphatic rings. The number of carbonyl (C=O) groups excluding carboxylic acids is 2. The average Bonchev–Trinajstić information content (AvgIpc) is 3.01. The van der Waals surface area contributed by atoms with Gasteiger partial charge < -0.3 is 19.5 Å². The van der Waals surface area contributed by atoms with Crippen molar-refractivity contribution < 1.29 is 23.8 Å². The lowest BCUT2D eigenvalue weighted by Gasteiger charge is -2.25. The van der Waals surface area contributed by atoms with Crippen molar-refractivity contribution in [2.24, 2.45) is 0 Å². The van der Waals surface area contributed by atoms with E-state index in [0.717, 1.165) is 17.5 Å². The van der Waals surface area contributed by atoms with Crippen LogP contribution in [0.4, 0.5) is 0 Å². The summed E-state index contributed by atoms with van der Waals surface area (Å²) < 4.78 is 16.9. The van der Waals surface area contributed by atoms with Crippen LogP contribution in [0.3, 0.4) is 0 Å². The van der Waals surface area contributed by atoms with Gasteiger partial charge in [-0.05, 0) is 66.8 Å². The summed E-state index contributed by atoms with van der Waals surface area (Å²) in [5, 5.41) is 12.7. The predicted molar refractivity (Wildman–Crippen MR) is 155 cm³/mol. The third-order valence-electron chi connectivity index (χ3n) is 6.95. The number of nitrogens with zero attached hydrogens (tertiary/aromatic N) is 1. The number of hydrogen-bond donors (Lipinski definition) is 1. The lowest BCUT2D eigenvalue weighted by molar-refractivity contribution is -0.145. The Morgan fingerprint density at radius 2 is 1.71 bits per heavy atom. The van der Waals surface area contributed by atoms with Crippen LogP contribution in [0.1, 0.15) is 46.3 Å². The highest BCUT2D eigenvalue weighted by Crippen LogP contribution is 2.40. The number of nitrogens with one attached hydrogen (secondary N) is 1. The monoisotopic (exact) mass is 546 g/mol. The van der Waals surface area contributed by atoms with Gasteiger partial charge in [-0.3, -0.25) is 9.59 Å². The van der Waals surface area contributed by atoms with Crippen molar-refractivity contribution in [3.63, 3.8) is 0 Å². The van der Waals surface area contributed by atoms with Crippen LogP contribution in [-0.2, 0) is 16.0 Å². The summed E-state index contributed by atoms with van der Waals surface area (Å²) in [6, 6.07) is 30.7. The number of benzene rings is 4. The Kier molecular flexibility index (Phi) is 8.61. The first-order valence-corrected chi connectivity index (χ1v) is 13.6. The van der Waals surface area contributed by atoms with Crippen molar-refractivity contribution in [3.05, 3.63) is 113 Å². The summed E-state index contributed by atoms with van der Waals surface area (Å²) in [6.07, 6.45) is 1.21. The second-order valence-corrected chi connectivity index (χ2v) is 9.64. The van der Waals surface area contributed by atoms with Gasteiger partial charge in [-0.1, -0.05) is 54.6 Å². The Balaban J connectivity index is 1.18. The van der Waals surface area contributed by atoms with E-state index in [4.69, 9.17) is 14.2 Å². The Bertz CT molecular complexity index is 1560. The Hall–Kier alpha value is -5.09. The first kappa shape index (κ1) is 27.5. The standard InChI is InChI=1S/C34H30N2O5/c1-2-39-34(38)29-17-19-40-32-21-31(27(22-35)20-30(29)32)41-28-14-12-26(13-15-28)33(37)36-18-16-23-8-10-25(11-9-23)24-6-4-3-5-7-24/h3-15,20-21,29H,2,16-19H2,1H3,(H,36,37). The van der Waals surface area contributed by atoms with Crippen molar-refractivity contribution in [2.45, 2.75) is 25.7 Å². The molecule has 1 heterocycles. The van der Waals surface area contributed by atoms with Gasteiger partial charge in [0, 0.05) is 23.7 Å². The molecule has 4 aromatic carbocycles. The van der Waals surface area contributed by atoms with Crippen molar-refractivity contribution in [2.75, 3.05) is 19.8 Å². The van der Waals surface area contributed by atoms with E-state index in [1.807, 2.05) is 18.2 Å². The normalized spacial score (nSPS) is 13.7. The van der Waals surface area contributed by atoms with Gasteiger partial charge in [-0.15, -0.1) is 0 Å². The van der Waals surface area contributed by atoms with Gasteiger partial charge in [0.2, 0.25) is 0 Å². The lowest BCUT2D eigenvalue weighted by atomic mass is 9.91. The zero-order valence-corrected chi connectivity index (χ0v) is 22.8. The maximum atomic E-state index is 12.7. The largest absolute Gasteiger partial charge is 0.493 e. The van der Waals surface area contributed by atoms with Crippen LogP contribution in [0.2, 0.25) is 0 Å². The van der Waals surface area contributed by atoms with Gasteiger partial charge in [0.15, 0.2) is 0 Å². The number of amides is 1. The van der Waals surface area contributed by atoms with E-state index < -0.39 is 5.92 Å². The summed E-state index contributed by atoms with van der Waals surface area (Å²) in [6.45, 7) is 2.92. The molecule has 41 heavy (non-hydrogen) atoms. The topological polar surface area (TPSA) is 97.7 Å². The van der Waals surface area contributed by atoms with Crippen molar-refractivity contribution in [1.29, 1.82) is 5.26 Å². The molecule has 1 atom stereocenters. The number of hydrogen-bond acceptors (Lipinski definition) is 6. The molecule has 1 amide bonds. The molecule has 0 aromatic heterocycles. The quantitative estimate of drug-likeness (QED) is 0.243. The Labute approximate surface area is 239 Å². The first-order chi connectivity index (χ1) is 20.1. The van der Waals surface area contributed by atoms with Crippen LogP contribution in [0, 0.1) is 11.3 Å². The van der Waals surface area contributed by atoms with Crippen LogP contribution in [0.5, 0.6) is 17.2 Å². The fraction of sp³-hybridized carbons (Fsp3) is 0.206. The zero-order chi connectivity index (χ0) is 28.6. The highest BCUT2D eigenvalue weighted by molar-refractivity contribution is 5.94. The van der Waals surface area contributed by atoms with E-state index in [2.05, 4.69) is 47.8 Å². The molecule has 1 aliphatic heterocycles. The molecule has 4 aromatic rings. The minimum absolute atomic E-state index is 0.178. The third-order valence-corrected chi connectivity index (χ3v) is 6.95. The van der Waals surface area contributed by atoms with Crippen molar-refractivity contribution >= 4 is 11.9 Å². The predicted octanol–water partition coefficient (Wildman–Crippen LogP) is 6.42. The van der Waals surface area contributed by atoms with Crippen LogP contribution in [0.15, 0.2) is 91.0 Å². The number of ether oxygens (including phenoxy) is 3. The number of rotatable bonds is 9. The third kappa shape index (κ3) is 6.56. The van der Waals surface area contributed by atoms with E-state index in [1.165, 1.54) is 5.56 Å². The average molecular weight is 547 g/mol. The summed E-state index contributed by atoms with van der Waals surface area (Å²) >= 11 is 0. The summed E-state index contributed by atoms with van der Waals surface area (Å²) in [5.74, 6) is 0.285. The van der Waals surface area contributed by atoms with Gasteiger partial charge in [0.25, 0.3) is 5.91 Å². The molecule has 1 unspecified atom stereocenters. The molecule has 0 saturated carbocycles.